The molecule has 0 atom stereocenters. The van der Waals surface area contributed by atoms with Gasteiger partial charge in [0.15, 0.2) is 5.82 Å². The number of hydrogen-bond donors (Lipinski definition) is 0. The van der Waals surface area contributed by atoms with E-state index in [9.17, 15) is 4.39 Å². The average molecular weight is 308 g/mol. The summed E-state index contributed by atoms with van der Waals surface area (Å²) in [6.45, 7) is 3.25. The van der Waals surface area contributed by atoms with Crippen LogP contribution in [-0.2, 0) is 18.0 Å². The van der Waals surface area contributed by atoms with Gasteiger partial charge in [-0.2, -0.15) is 9.61 Å². The second-order valence-electron chi connectivity index (χ2n) is 4.19. The molecule has 3 rings (SSSR count). The predicted molar refractivity (Wildman–Crippen MR) is 74.7 cm³/mol. The molecule has 6 nitrogen and oxygen atoms in total. The van der Waals surface area contributed by atoms with Gasteiger partial charge in [-0.3, -0.25) is 0 Å². The van der Waals surface area contributed by atoms with Crippen molar-refractivity contribution >= 4 is 16.3 Å². The van der Waals surface area contributed by atoms with Crippen LogP contribution in [0.2, 0.25) is 0 Å². The lowest BCUT2D eigenvalue weighted by molar-refractivity contribution is 0.133. The SMILES string of the molecule is CCOCc1nn2c(COc3ccc(F)cc3)nnc2s1. The number of halogens is 1. The number of benzene rings is 1. The van der Waals surface area contributed by atoms with E-state index < -0.39 is 0 Å². The number of ether oxygens (including phenoxy) is 2. The standard InChI is InChI=1S/C13H13FN4O2S/c1-2-19-8-12-17-18-11(15-16-13(18)21-12)7-20-10-5-3-9(14)4-6-10/h3-6H,2,7-8H2,1H3. The third kappa shape index (κ3) is 3.17. The van der Waals surface area contributed by atoms with Gasteiger partial charge in [-0.25, -0.2) is 4.39 Å². The Morgan fingerprint density at radius 3 is 2.76 bits per heavy atom. The van der Waals surface area contributed by atoms with Gasteiger partial charge in [0, 0.05) is 6.61 Å². The van der Waals surface area contributed by atoms with E-state index in [2.05, 4.69) is 15.3 Å². The van der Waals surface area contributed by atoms with Crippen LogP contribution in [0.25, 0.3) is 4.96 Å². The molecule has 0 N–H and O–H groups in total. The summed E-state index contributed by atoms with van der Waals surface area (Å²) >= 11 is 1.43. The summed E-state index contributed by atoms with van der Waals surface area (Å²) in [6, 6.07) is 5.82. The predicted octanol–water partition coefficient (Wildman–Crippen LogP) is 2.44. The van der Waals surface area contributed by atoms with Crippen LogP contribution in [-0.4, -0.2) is 26.4 Å². The molecular formula is C13H13FN4O2S. The van der Waals surface area contributed by atoms with Crippen LogP contribution < -0.4 is 4.74 Å². The van der Waals surface area contributed by atoms with E-state index in [1.165, 1.54) is 23.5 Å². The Morgan fingerprint density at radius 2 is 2.00 bits per heavy atom. The minimum Gasteiger partial charge on any atom is -0.486 e. The normalized spacial score (nSPS) is 11.1. The minimum absolute atomic E-state index is 0.213. The van der Waals surface area contributed by atoms with Gasteiger partial charge in [0.05, 0.1) is 0 Å². The molecule has 0 saturated heterocycles. The van der Waals surface area contributed by atoms with E-state index >= 15 is 0 Å². The average Bonchev–Trinajstić information content (AvgIpc) is 3.05. The molecule has 0 radical (unpaired) electrons. The zero-order chi connectivity index (χ0) is 14.7. The Labute approximate surface area is 124 Å². The van der Waals surface area contributed by atoms with Gasteiger partial charge < -0.3 is 9.47 Å². The maximum atomic E-state index is 12.8. The van der Waals surface area contributed by atoms with Crippen LogP contribution >= 0.6 is 11.3 Å². The highest BCUT2D eigenvalue weighted by atomic mass is 32.1. The zero-order valence-electron chi connectivity index (χ0n) is 11.3. The maximum absolute atomic E-state index is 12.8. The van der Waals surface area contributed by atoms with Crippen molar-refractivity contribution in [2.45, 2.75) is 20.1 Å². The largest absolute Gasteiger partial charge is 0.486 e. The molecule has 0 saturated carbocycles. The third-order valence-corrected chi connectivity index (χ3v) is 3.58. The molecule has 2 heterocycles. The van der Waals surface area contributed by atoms with Crippen molar-refractivity contribution in [3.8, 4) is 5.75 Å². The summed E-state index contributed by atoms with van der Waals surface area (Å²) in [6.07, 6.45) is 0. The van der Waals surface area contributed by atoms with Crippen LogP contribution in [0.15, 0.2) is 24.3 Å². The summed E-state index contributed by atoms with van der Waals surface area (Å²) in [5.41, 5.74) is 0. The number of fused-ring (bicyclic) bond motifs is 1. The van der Waals surface area contributed by atoms with Crippen LogP contribution in [0.4, 0.5) is 4.39 Å². The first-order valence-corrected chi connectivity index (χ1v) is 7.24. The summed E-state index contributed by atoms with van der Waals surface area (Å²) in [5, 5.41) is 13.3. The second kappa shape index (κ2) is 6.15. The molecule has 0 amide bonds. The number of rotatable bonds is 6. The van der Waals surface area contributed by atoms with Crippen LogP contribution in [0, 0.1) is 5.82 Å². The van der Waals surface area contributed by atoms with E-state index in [1.54, 1.807) is 16.6 Å². The number of aromatic nitrogens is 4. The Balaban J connectivity index is 1.71. The molecule has 0 aliphatic carbocycles. The van der Waals surface area contributed by atoms with E-state index in [-0.39, 0.29) is 12.4 Å². The molecule has 0 aliphatic rings. The summed E-state index contributed by atoms with van der Waals surface area (Å²) in [7, 11) is 0. The molecule has 0 spiro atoms. The van der Waals surface area contributed by atoms with Crippen molar-refractivity contribution in [3.63, 3.8) is 0 Å². The Bertz CT molecular complexity index is 725. The first-order valence-electron chi connectivity index (χ1n) is 6.42. The molecule has 21 heavy (non-hydrogen) atoms. The quantitative estimate of drug-likeness (QED) is 0.700. The minimum atomic E-state index is -0.299. The molecule has 0 unspecified atom stereocenters. The smallest absolute Gasteiger partial charge is 0.234 e. The molecule has 2 aromatic heterocycles. The topological polar surface area (TPSA) is 61.5 Å². The van der Waals surface area contributed by atoms with Gasteiger partial charge in [0.2, 0.25) is 4.96 Å². The first-order chi connectivity index (χ1) is 10.3. The van der Waals surface area contributed by atoms with Crippen molar-refractivity contribution in [3.05, 3.63) is 40.9 Å². The molecule has 3 aromatic rings. The van der Waals surface area contributed by atoms with E-state index in [1.807, 2.05) is 6.92 Å². The lowest BCUT2D eigenvalue weighted by Gasteiger charge is -2.03. The lowest BCUT2D eigenvalue weighted by atomic mass is 10.3. The highest BCUT2D eigenvalue weighted by Gasteiger charge is 2.12. The summed E-state index contributed by atoms with van der Waals surface area (Å²) in [4.78, 5) is 0.697. The molecule has 110 valence electrons. The Morgan fingerprint density at radius 1 is 1.19 bits per heavy atom. The third-order valence-electron chi connectivity index (χ3n) is 2.71. The van der Waals surface area contributed by atoms with Crippen molar-refractivity contribution in [2.24, 2.45) is 0 Å². The van der Waals surface area contributed by atoms with Gasteiger partial charge >= 0.3 is 0 Å². The van der Waals surface area contributed by atoms with Crippen LogP contribution in [0.1, 0.15) is 17.8 Å². The summed E-state index contributed by atoms with van der Waals surface area (Å²) < 4.78 is 25.3. The second-order valence-corrected chi connectivity index (χ2v) is 5.23. The van der Waals surface area contributed by atoms with E-state index in [0.717, 1.165) is 5.01 Å². The van der Waals surface area contributed by atoms with Gasteiger partial charge in [0.1, 0.15) is 29.8 Å². The Hall–Kier alpha value is -2.06. The highest BCUT2D eigenvalue weighted by Crippen LogP contribution is 2.17. The van der Waals surface area contributed by atoms with Crippen molar-refractivity contribution < 1.29 is 13.9 Å². The molecule has 8 heteroatoms. The van der Waals surface area contributed by atoms with E-state index in [4.69, 9.17) is 9.47 Å². The van der Waals surface area contributed by atoms with Crippen molar-refractivity contribution in [1.82, 2.24) is 19.8 Å². The number of nitrogens with zero attached hydrogens (tertiary/aromatic N) is 4. The number of hydrogen-bond acceptors (Lipinski definition) is 6. The monoisotopic (exact) mass is 308 g/mol. The molecule has 0 aliphatic heterocycles. The zero-order valence-corrected chi connectivity index (χ0v) is 12.1. The van der Waals surface area contributed by atoms with Gasteiger partial charge in [-0.05, 0) is 31.2 Å². The fourth-order valence-electron chi connectivity index (χ4n) is 1.71. The Kier molecular flexibility index (Phi) is 4.07. The molecule has 0 bridgehead atoms. The first kappa shape index (κ1) is 13.9. The van der Waals surface area contributed by atoms with Crippen molar-refractivity contribution in [2.75, 3.05) is 6.61 Å². The summed E-state index contributed by atoms with van der Waals surface area (Å²) in [5.74, 6) is 0.860. The lowest BCUT2D eigenvalue weighted by Crippen LogP contribution is -2.03. The fraction of sp³-hybridized carbons (Fsp3) is 0.308. The van der Waals surface area contributed by atoms with Gasteiger partial charge in [0.25, 0.3) is 0 Å². The molecule has 0 fully saturated rings. The molecule has 1 aromatic carbocycles. The fourth-order valence-corrected chi connectivity index (χ4v) is 2.50. The van der Waals surface area contributed by atoms with Crippen LogP contribution in [0.3, 0.4) is 0 Å². The van der Waals surface area contributed by atoms with Crippen molar-refractivity contribution in [1.29, 1.82) is 0 Å². The highest BCUT2D eigenvalue weighted by molar-refractivity contribution is 7.16. The maximum Gasteiger partial charge on any atom is 0.234 e. The van der Waals surface area contributed by atoms with Gasteiger partial charge in [-0.15, -0.1) is 10.2 Å². The molecular weight excluding hydrogens is 295 g/mol. The van der Waals surface area contributed by atoms with E-state index in [0.29, 0.717) is 29.7 Å². The van der Waals surface area contributed by atoms with Crippen LogP contribution in [0.5, 0.6) is 5.75 Å². The van der Waals surface area contributed by atoms with Gasteiger partial charge in [-0.1, -0.05) is 11.3 Å².